The van der Waals surface area contributed by atoms with Gasteiger partial charge in [-0.15, -0.1) is 0 Å². The second-order valence-electron chi connectivity index (χ2n) is 6.03. The van der Waals surface area contributed by atoms with E-state index in [1.165, 1.54) is 17.2 Å². The summed E-state index contributed by atoms with van der Waals surface area (Å²) in [6.07, 6.45) is -0.0212. The van der Waals surface area contributed by atoms with Gasteiger partial charge in [0.15, 0.2) is 0 Å². The van der Waals surface area contributed by atoms with E-state index in [-0.39, 0.29) is 22.8 Å². The Kier molecular flexibility index (Phi) is 4.30. The first-order valence-corrected chi connectivity index (χ1v) is 8.14. The third kappa shape index (κ3) is 3.20. The molecule has 1 aromatic carbocycles. The summed E-state index contributed by atoms with van der Waals surface area (Å²) in [6.45, 7) is 0. The Labute approximate surface area is 156 Å². The Hall–Kier alpha value is -3.69. The van der Waals surface area contributed by atoms with Crippen LogP contribution in [-0.4, -0.2) is 30.6 Å². The van der Waals surface area contributed by atoms with E-state index in [1.807, 2.05) is 0 Å². The summed E-state index contributed by atoms with van der Waals surface area (Å²) >= 11 is 0. The lowest BCUT2D eigenvalue weighted by molar-refractivity contribution is 0.101. The quantitative estimate of drug-likeness (QED) is 0.560. The topological polar surface area (TPSA) is 88.5 Å². The number of halogens is 3. The zero-order valence-corrected chi connectivity index (χ0v) is 14.4. The van der Waals surface area contributed by atoms with Gasteiger partial charge in [0.25, 0.3) is 12.3 Å². The lowest BCUT2D eigenvalue weighted by atomic mass is 10.0. The molecule has 1 amide bonds. The SMILES string of the molecule is Cn1ncnc1C(=O)Nc1cc2[nH]c(-c3cc(F)ccc3C(F)F)cc2cn1. The number of amides is 1. The molecule has 3 heterocycles. The van der Waals surface area contributed by atoms with Gasteiger partial charge in [-0.2, -0.15) is 5.10 Å². The smallest absolute Gasteiger partial charge is 0.294 e. The standard InChI is InChI=1S/C18H13F3N6O/c1-27-17(23-8-24-27)18(28)26-15-6-13-9(7-22-15)4-14(25-13)12-5-10(19)2-3-11(12)16(20)21/h2-8,16,25H,1H3,(H,22,26,28). The highest BCUT2D eigenvalue weighted by atomic mass is 19.3. The lowest BCUT2D eigenvalue weighted by Crippen LogP contribution is -2.18. The van der Waals surface area contributed by atoms with Gasteiger partial charge in [-0.1, -0.05) is 0 Å². The zero-order valence-electron chi connectivity index (χ0n) is 14.4. The molecule has 0 radical (unpaired) electrons. The molecule has 0 saturated carbocycles. The monoisotopic (exact) mass is 386 g/mol. The molecule has 0 bridgehead atoms. The Morgan fingerprint density at radius 1 is 1.21 bits per heavy atom. The first-order chi connectivity index (χ1) is 13.4. The third-order valence-electron chi connectivity index (χ3n) is 4.20. The van der Waals surface area contributed by atoms with Crippen LogP contribution in [0.4, 0.5) is 19.0 Å². The Morgan fingerprint density at radius 3 is 2.75 bits per heavy atom. The van der Waals surface area contributed by atoms with E-state index in [9.17, 15) is 18.0 Å². The van der Waals surface area contributed by atoms with Crippen molar-refractivity contribution in [2.24, 2.45) is 7.05 Å². The van der Waals surface area contributed by atoms with Crippen LogP contribution in [-0.2, 0) is 7.05 Å². The molecular formula is C18H13F3N6O. The van der Waals surface area contributed by atoms with Crippen molar-refractivity contribution < 1.29 is 18.0 Å². The van der Waals surface area contributed by atoms with Crippen LogP contribution in [0.1, 0.15) is 22.6 Å². The second-order valence-corrected chi connectivity index (χ2v) is 6.03. The van der Waals surface area contributed by atoms with E-state index in [2.05, 4.69) is 25.4 Å². The molecule has 2 N–H and O–H groups in total. The fourth-order valence-corrected chi connectivity index (χ4v) is 2.87. The number of anilines is 1. The molecule has 4 rings (SSSR count). The maximum absolute atomic E-state index is 13.6. The number of aryl methyl sites for hydroxylation is 1. The van der Waals surface area contributed by atoms with Crippen molar-refractivity contribution in [1.82, 2.24) is 24.7 Å². The fraction of sp³-hybridized carbons (Fsp3) is 0.111. The van der Waals surface area contributed by atoms with Crippen molar-refractivity contribution in [3.8, 4) is 11.3 Å². The highest BCUT2D eigenvalue weighted by Gasteiger charge is 2.17. The minimum Gasteiger partial charge on any atom is -0.354 e. The number of alkyl halides is 2. The second kappa shape index (κ2) is 6.80. The van der Waals surface area contributed by atoms with E-state index in [4.69, 9.17) is 0 Å². The molecule has 0 aliphatic rings. The first kappa shape index (κ1) is 17.7. The van der Waals surface area contributed by atoms with Crippen molar-refractivity contribution in [3.05, 3.63) is 60.1 Å². The zero-order chi connectivity index (χ0) is 19.8. The summed E-state index contributed by atoms with van der Waals surface area (Å²) < 4.78 is 41.4. The number of carbonyl (C=O) groups excluding carboxylic acids is 1. The van der Waals surface area contributed by atoms with Gasteiger partial charge in [0.1, 0.15) is 18.0 Å². The molecule has 10 heteroatoms. The summed E-state index contributed by atoms with van der Waals surface area (Å²) in [5.74, 6) is -0.769. The molecule has 0 spiro atoms. The van der Waals surface area contributed by atoms with Gasteiger partial charge in [-0.25, -0.2) is 27.8 Å². The number of carbonyl (C=O) groups is 1. The largest absolute Gasteiger partial charge is 0.354 e. The summed E-state index contributed by atoms with van der Waals surface area (Å²) in [5, 5.41) is 7.04. The molecule has 0 aliphatic carbocycles. The molecule has 0 aliphatic heterocycles. The van der Waals surface area contributed by atoms with Crippen LogP contribution in [0.25, 0.3) is 22.2 Å². The molecule has 142 valence electrons. The highest BCUT2D eigenvalue weighted by Crippen LogP contribution is 2.33. The van der Waals surface area contributed by atoms with E-state index >= 15 is 0 Å². The molecule has 0 saturated heterocycles. The normalized spacial score (nSPS) is 11.3. The number of H-pyrrole nitrogens is 1. The highest BCUT2D eigenvalue weighted by molar-refractivity contribution is 6.02. The summed E-state index contributed by atoms with van der Waals surface area (Å²) in [4.78, 5) is 23.2. The molecule has 4 aromatic rings. The van der Waals surface area contributed by atoms with Crippen LogP contribution in [0.5, 0.6) is 0 Å². The van der Waals surface area contributed by atoms with Gasteiger partial charge >= 0.3 is 0 Å². The molecule has 0 atom stereocenters. The van der Waals surface area contributed by atoms with Crippen molar-refractivity contribution in [1.29, 1.82) is 0 Å². The summed E-state index contributed by atoms with van der Waals surface area (Å²) in [7, 11) is 1.58. The molecule has 7 nitrogen and oxygen atoms in total. The van der Waals surface area contributed by atoms with Crippen LogP contribution >= 0.6 is 0 Å². The summed E-state index contributed by atoms with van der Waals surface area (Å²) in [6, 6.07) is 6.25. The van der Waals surface area contributed by atoms with E-state index in [0.29, 0.717) is 16.6 Å². The molecule has 3 aromatic heterocycles. The average molecular weight is 386 g/mol. The van der Waals surface area contributed by atoms with Crippen molar-refractivity contribution in [2.45, 2.75) is 6.43 Å². The van der Waals surface area contributed by atoms with Gasteiger partial charge in [-0.3, -0.25) is 4.79 Å². The van der Waals surface area contributed by atoms with Gasteiger partial charge in [-0.05, 0) is 24.3 Å². The number of rotatable bonds is 4. The van der Waals surface area contributed by atoms with Crippen LogP contribution in [0.15, 0.2) is 42.9 Å². The molecule has 0 fully saturated rings. The minimum absolute atomic E-state index is 0.0656. The van der Waals surface area contributed by atoms with Gasteiger partial charge in [0.05, 0.1) is 5.52 Å². The van der Waals surface area contributed by atoms with Gasteiger partial charge in [0, 0.05) is 41.5 Å². The van der Waals surface area contributed by atoms with Crippen molar-refractivity contribution in [3.63, 3.8) is 0 Å². The number of fused-ring (bicyclic) bond motifs is 1. The Bertz CT molecular complexity index is 1180. The minimum atomic E-state index is -2.75. The first-order valence-electron chi connectivity index (χ1n) is 8.14. The molecular weight excluding hydrogens is 373 g/mol. The van der Waals surface area contributed by atoms with Crippen LogP contribution in [0.2, 0.25) is 0 Å². The van der Waals surface area contributed by atoms with Crippen LogP contribution in [0.3, 0.4) is 0 Å². The van der Waals surface area contributed by atoms with Crippen LogP contribution in [0, 0.1) is 5.82 Å². The fourth-order valence-electron chi connectivity index (χ4n) is 2.87. The van der Waals surface area contributed by atoms with Crippen molar-refractivity contribution >= 4 is 22.6 Å². The molecule has 28 heavy (non-hydrogen) atoms. The van der Waals surface area contributed by atoms with Crippen LogP contribution < -0.4 is 5.32 Å². The number of hydrogen-bond donors (Lipinski definition) is 2. The van der Waals surface area contributed by atoms with Gasteiger partial charge < -0.3 is 10.3 Å². The third-order valence-corrected chi connectivity index (χ3v) is 4.20. The summed E-state index contributed by atoms with van der Waals surface area (Å²) in [5.41, 5.74) is 0.652. The van der Waals surface area contributed by atoms with E-state index < -0.39 is 18.1 Å². The number of pyridine rings is 1. The van der Waals surface area contributed by atoms with Crippen molar-refractivity contribution in [2.75, 3.05) is 5.32 Å². The van der Waals surface area contributed by atoms with E-state index in [0.717, 1.165) is 18.2 Å². The predicted molar refractivity (Wildman–Crippen MR) is 95.4 cm³/mol. The molecule has 0 unspecified atom stereocenters. The number of aromatic nitrogens is 5. The maximum atomic E-state index is 13.6. The predicted octanol–water partition coefficient (Wildman–Crippen LogP) is 3.69. The maximum Gasteiger partial charge on any atom is 0.294 e. The Balaban J connectivity index is 1.69. The Morgan fingerprint density at radius 2 is 2.04 bits per heavy atom. The average Bonchev–Trinajstić information content (AvgIpc) is 3.27. The number of benzene rings is 1. The number of hydrogen-bond acceptors (Lipinski definition) is 4. The number of nitrogens with one attached hydrogen (secondary N) is 2. The van der Waals surface area contributed by atoms with Gasteiger partial charge in [0.2, 0.25) is 5.82 Å². The lowest BCUT2D eigenvalue weighted by Gasteiger charge is -2.07. The van der Waals surface area contributed by atoms with E-state index in [1.54, 1.807) is 19.2 Å². The number of nitrogens with zero attached hydrogens (tertiary/aromatic N) is 4. The number of aromatic amines is 1.